The lowest BCUT2D eigenvalue weighted by Crippen LogP contribution is -2.11. The first-order valence-corrected chi connectivity index (χ1v) is 9.36. The van der Waals surface area contributed by atoms with Crippen LogP contribution in [0.3, 0.4) is 0 Å². The molecule has 0 saturated heterocycles. The third kappa shape index (κ3) is 4.73. The second-order valence-corrected chi connectivity index (χ2v) is 7.50. The molecule has 0 N–H and O–H groups in total. The molecule has 122 valence electrons. The second-order valence-electron chi connectivity index (χ2n) is 7.50. The number of fused-ring (bicyclic) bond motifs is 1. The minimum atomic E-state index is 0.706. The minimum absolute atomic E-state index is 0.706. The zero-order chi connectivity index (χ0) is 15.9. The van der Waals surface area contributed by atoms with Gasteiger partial charge in [-0.3, -0.25) is 0 Å². The normalized spacial score (nSPS) is 20.8. The second kappa shape index (κ2) is 8.56. The quantitative estimate of drug-likeness (QED) is 0.393. The maximum atomic E-state index is 4.47. The molecule has 1 aliphatic rings. The Morgan fingerprint density at radius 3 is 2.55 bits per heavy atom. The first-order chi connectivity index (χ1) is 10.6. The predicted molar refractivity (Wildman–Crippen MR) is 98.2 cm³/mol. The molecule has 22 heavy (non-hydrogen) atoms. The highest BCUT2D eigenvalue weighted by atomic mass is 14.2. The highest BCUT2D eigenvalue weighted by molar-refractivity contribution is 5.30. The van der Waals surface area contributed by atoms with Gasteiger partial charge in [-0.1, -0.05) is 70.0 Å². The van der Waals surface area contributed by atoms with Gasteiger partial charge < -0.3 is 0 Å². The van der Waals surface area contributed by atoms with Gasteiger partial charge in [-0.05, 0) is 67.4 Å². The Balaban J connectivity index is 1.88. The van der Waals surface area contributed by atoms with Gasteiger partial charge in [-0.2, -0.15) is 0 Å². The van der Waals surface area contributed by atoms with E-state index in [4.69, 9.17) is 0 Å². The zero-order valence-electron chi connectivity index (χ0n) is 14.9. The highest BCUT2D eigenvalue weighted by Crippen LogP contribution is 2.32. The minimum Gasteiger partial charge on any atom is -0.0996 e. The SMILES string of the molecule is C=C(CC[C@H](C)C(C)CCC)C1CCCc2ccccc2C1. The molecular formula is C22H34. The summed E-state index contributed by atoms with van der Waals surface area (Å²) in [6.07, 6.45) is 10.3. The van der Waals surface area contributed by atoms with Gasteiger partial charge in [0.25, 0.3) is 0 Å². The molecule has 1 aliphatic carbocycles. The van der Waals surface area contributed by atoms with Gasteiger partial charge in [0.2, 0.25) is 0 Å². The number of hydrogen-bond acceptors (Lipinski definition) is 0. The fraction of sp³-hybridized carbons (Fsp3) is 0.636. The van der Waals surface area contributed by atoms with Crippen LogP contribution in [0.1, 0.15) is 70.4 Å². The molecule has 0 spiro atoms. The number of rotatable bonds is 7. The maximum Gasteiger partial charge on any atom is -0.0165 e. The van der Waals surface area contributed by atoms with Crippen molar-refractivity contribution in [2.75, 3.05) is 0 Å². The van der Waals surface area contributed by atoms with E-state index in [1.54, 1.807) is 11.1 Å². The zero-order valence-corrected chi connectivity index (χ0v) is 14.9. The molecule has 0 heteroatoms. The van der Waals surface area contributed by atoms with Crippen molar-refractivity contribution in [3.05, 3.63) is 47.5 Å². The molecule has 0 saturated carbocycles. The number of allylic oxidation sites excluding steroid dienone is 1. The molecule has 2 rings (SSSR count). The van der Waals surface area contributed by atoms with Gasteiger partial charge in [-0.15, -0.1) is 0 Å². The topological polar surface area (TPSA) is 0 Å². The van der Waals surface area contributed by atoms with Crippen LogP contribution in [-0.2, 0) is 12.8 Å². The van der Waals surface area contributed by atoms with Crippen LogP contribution >= 0.6 is 0 Å². The third-order valence-corrected chi connectivity index (χ3v) is 5.80. The Bertz CT molecular complexity index is 471. The summed E-state index contributed by atoms with van der Waals surface area (Å²) in [5.74, 6) is 2.39. The lowest BCUT2D eigenvalue weighted by Gasteiger charge is -2.23. The van der Waals surface area contributed by atoms with Crippen LogP contribution < -0.4 is 0 Å². The Labute approximate surface area is 138 Å². The van der Waals surface area contributed by atoms with Crippen molar-refractivity contribution in [2.24, 2.45) is 17.8 Å². The molecule has 0 heterocycles. The smallest absolute Gasteiger partial charge is 0.0165 e. The van der Waals surface area contributed by atoms with Crippen molar-refractivity contribution in [1.29, 1.82) is 0 Å². The number of hydrogen-bond donors (Lipinski definition) is 0. The fourth-order valence-corrected chi connectivity index (χ4v) is 3.90. The Hall–Kier alpha value is -1.04. The lowest BCUT2D eigenvalue weighted by atomic mass is 9.83. The van der Waals surface area contributed by atoms with E-state index in [9.17, 15) is 0 Å². The van der Waals surface area contributed by atoms with Crippen molar-refractivity contribution < 1.29 is 0 Å². The summed E-state index contributed by atoms with van der Waals surface area (Å²) in [6, 6.07) is 9.02. The van der Waals surface area contributed by atoms with Crippen molar-refractivity contribution in [2.45, 2.75) is 72.1 Å². The van der Waals surface area contributed by atoms with Gasteiger partial charge in [0.15, 0.2) is 0 Å². The first-order valence-electron chi connectivity index (χ1n) is 9.36. The highest BCUT2D eigenvalue weighted by Gasteiger charge is 2.20. The molecule has 0 aliphatic heterocycles. The monoisotopic (exact) mass is 298 g/mol. The van der Waals surface area contributed by atoms with Crippen molar-refractivity contribution in [1.82, 2.24) is 0 Å². The van der Waals surface area contributed by atoms with E-state index in [2.05, 4.69) is 51.6 Å². The molecule has 1 aromatic rings. The van der Waals surface area contributed by atoms with E-state index in [0.29, 0.717) is 5.92 Å². The molecule has 0 aromatic heterocycles. The van der Waals surface area contributed by atoms with Crippen molar-refractivity contribution in [3.8, 4) is 0 Å². The van der Waals surface area contributed by atoms with Crippen LogP contribution in [0.25, 0.3) is 0 Å². The molecule has 2 unspecified atom stereocenters. The first kappa shape index (κ1) is 17.3. The van der Waals surface area contributed by atoms with E-state index in [0.717, 1.165) is 11.8 Å². The van der Waals surface area contributed by atoms with E-state index >= 15 is 0 Å². The molecule has 0 amide bonds. The molecule has 0 bridgehead atoms. The van der Waals surface area contributed by atoms with Gasteiger partial charge in [-0.25, -0.2) is 0 Å². The van der Waals surface area contributed by atoms with Crippen LogP contribution in [-0.4, -0.2) is 0 Å². The molecular weight excluding hydrogens is 264 g/mol. The summed E-state index contributed by atoms with van der Waals surface area (Å²) < 4.78 is 0. The molecule has 0 fully saturated rings. The Morgan fingerprint density at radius 1 is 1.14 bits per heavy atom. The summed E-state index contributed by atoms with van der Waals surface area (Å²) >= 11 is 0. The largest absolute Gasteiger partial charge is 0.0996 e. The van der Waals surface area contributed by atoms with Crippen LogP contribution in [0.5, 0.6) is 0 Å². The molecule has 3 atom stereocenters. The van der Waals surface area contributed by atoms with Gasteiger partial charge in [0.05, 0.1) is 0 Å². The van der Waals surface area contributed by atoms with Crippen LogP contribution in [0, 0.1) is 17.8 Å². The van der Waals surface area contributed by atoms with Crippen molar-refractivity contribution >= 4 is 0 Å². The van der Waals surface area contributed by atoms with Gasteiger partial charge >= 0.3 is 0 Å². The summed E-state index contributed by atoms with van der Waals surface area (Å²) in [6.45, 7) is 11.6. The van der Waals surface area contributed by atoms with Crippen LogP contribution in [0.2, 0.25) is 0 Å². The van der Waals surface area contributed by atoms with Gasteiger partial charge in [0, 0.05) is 0 Å². The summed E-state index contributed by atoms with van der Waals surface area (Å²) in [5.41, 5.74) is 4.65. The predicted octanol–water partition coefficient (Wildman–Crippen LogP) is 6.59. The van der Waals surface area contributed by atoms with Gasteiger partial charge in [0.1, 0.15) is 0 Å². The summed E-state index contributed by atoms with van der Waals surface area (Å²) in [7, 11) is 0. The standard InChI is InChI=1S/C22H34/c1-5-9-17(2)18(3)14-15-19(4)21-13-8-12-20-10-6-7-11-22(20)16-21/h6-7,10-11,17-18,21H,4-5,8-9,12-16H2,1-3H3/t17?,18-,21?/m0/s1. The molecule has 0 radical (unpaired) electrons. The Morgan fingerprint density at radius 2 is 1.82 bits per heavy atom. The maximum absolute atomic E-state index is 4.47. The average Bonchev–Trinajstić information content (AvgIpc) is 2.74. The average molecular weight is 299 g/mol. The number of aryl methyl sites for hydroxylation is 1. The fourth-order valence-electron chi connectivity index (χ4n) is 3.90. The Kier molecular flexibility index (Phi) is 6.73. The van der Waals surface area contributed by atoms with E-state index in [1.165, 1.54) is 56.9 Å². The molecule has 0 nitrogen and oxygen atoms in total. The van der Waals surface area contributed by atoms with Crippen molar-refractivity contribution in [3.63, 3.8) is 0 Å². The lowest BCUT2D eigenvalue weighted by molar-refractivity contribution is 0.336. The summed E-state index contributed by atoms with van der Waals surface area (Å²) in [4.78, 5) is 0. The third-order valence-electron chi connectivity index (χ3n) is 5.80. The molecule has 1 aromatic carbocycles. The van der Waals surface area contributed by atoms with E-state index in [-0.39, 0.29) is 0 Å². The van der Waals surface area contributed by atoms with E-state index < -0.39 is 0 Å². The number of benzene rings is 1. The summed E-state index contributed by atoms with van der Waals surface area (Å²) in [5, 5.41) is 0. The van der Waals surface area contributed by atoms with Crippen LogP contribution in [0.4, 0.5) is 0 Å². The van der Waals surface area contributed by atoms with Crippen LogP contribution in [0.15, 0.2) is 36.4 Å². The van der Waals surface area contributed by atoms with E-state index in [1.807, 2.05) is 0 Å².